The number of alkyl carbamates (subject to hydrolysis) is 1. The van der Waals surface area contributed by atoms with Gasteiger partial charge in [0.15, 0.2) is 0 Å². The first-order valence-electron chi connectivity index (χ1n) is 8.38. The highest BCUT2D eigenvalue weighted by atomic mass is 16.5. The number of rotatable bonds is 7. The van der Waals surface area contributed by atoms with Gasteiger partial charge in [-0.3, -0.25) is 4.68 Å². The van der Waals surface area contributed by atoms with Gasteiger partial charge in [0.2, 0.25) is 0 Å². The van der Waals surface area contributed by atoms with Gasteiger partial charge in [0.05, 0.1) is 5.69 Å². The van der Waals surface area contributed by atoms with Crippen LogP contribution in [-0.4, -0.2) is 34.5 Å². The van der Waals surface area contributed by atoms with Gasteiger partial charge < -0.3 is 15.4 Å². The first-order chi connectivity index (χ1) is 11.7. The second-order valence-electron chi connectivity index (χ2n) is 6.26. The van der Waals surface area contributed by atoms with Crippen LogP contribution in [0.3, 0.4) is 0 Å². The molecule has 3 rings (SSSR count). The molecule has 128 valence electrons. The van der Waals surface area contributed by atoms with Crippen molar-refractivity contribution in [2.75, 3.05) is 6.54 Å². The average Bonchev–Trinajstić information content (AvgIpc) is 2.97. The Morgan fingerprint density at radius 3 is 2.75 bits per heavy atom. The molecule has 1 aromatic carbocycles. The van der Waals surface area contributed by atoms with E-state index >= 15 is 0 Å². The maximum Gasteiger partial charge on any atom is 0.407 e. The summed E-state index contributed by atoms with van der Waals surface area (Å²) >= 11 is 0. The molecule has 0 unspecified atom stereocenters. The molecule has 0 bridgehead atoms. The summed E-state index contributed by atoms with van der Waals surface area (Å²) in [5, 5.41) is 10.8. The van der Waals surface area contributed by atoms with Crippen molar-refractivity contribution >= 4 is 6.09 Å². The molecule has 6 nitrogen and oxygen atoms in total. The third-order valence-corrected chi connectivity index (χ3v) is 4.26. The lowest BCUT2D eigenvalue weighted by molar-refractivity contribution is 0.125. The Morgan fingerprint density at radius 1 is 1.25 bits per heavy atom. The van der Waals surface area contributed by atoms with Gasteiger partial charge in [0, 0.05) is 38.3 Å². The van der Waals surface area contributed by atoms with E-state index in [1.54, 1.807) is 0 Å². The Morgan fingerprint density at radius 2 is 2.04 bits per heavy atom. The van der Waals surface area contributed by atoms with Gasteiger partial charge in [-0.1, -0.05) is 30.3 Å². The van der Waals surface area contributed by atoms with Crippen LogP contribution in [0.1, 0.15) is 24.1 Å². The standard InChI is InChI=1S/C18H24N4O2/c1-22-10-8-15(21-22)7-9-19-16-11-17(12-16)20-18(23)24-13-14-5-3-2-4-6-14/h2-6,8,10,16-17,19H,7,9,11-13H2,1H3,(H,20,23). The van der Waals surface area contributed by atoms with Gasteiger partial charge >= 0.3 is 6.09 Å². The number of aromatic nitrogens is 2. The minimum Gasteiger partial charge on any atom is -0.445 e. The Bertz CT molecular complexity index is 650. The number of amides is 1. The van der Waals surface area contributed by atoms with E-state index in [9.17, 15) is 4.79 Å². The summed E-state index contributed by atoms with van der Waals surface area (Å²) < 4.78 is 7.05. The molecule has 1 fully saturated rings. The van der Waals surface area contributed by atoms with Crippen molar-refractivity contribution in [1.82, 2.24) is 20.4 Å². The fraction of sp³-hybridized carbons (Fsp3) is 0.444. The van der Waals surface area contributed by atoms with E-state index in [1.807, 2.05) is 54.3 Å². The van der Waals surface area contributed by atoms with Crippen LogP contribution in [0.2, 0.25) is 0 Å². The van der Waals surface area contributed by atoms with Crippen LogP contribution in [-0.2, 0) is 24.8 Å². The first kappa shape index (κ1) is 16.5. The predicted molar refractivity (Wildman–Crippen MR) is 91.5 cm³/mol. The highest BCUT2D eigenvalue weighted by Crippen LogP contribution is 2.20. The van der Waals surface area contributed by atoms with Crippen LogP contribution in [0.15, 0.2) is 42.6 Å². The highest BCUT2D eigenvalue weighted by Gasteiger charge is 2.30. The molecule has 0 spiro atoms. The molecule has 1 aliphatic rings. The SMILES string of the molecule is Cn1ccc(CCNC2CC(NC(=O)OCc3ccccc3)C2)n1. The van der Waals surface area contributed by atoms with Crippen LogP contribution in [0.5, 0.6) is 0 Å². The number of aryl methyl sites for hydroxylation is 1. The molecular formula is C18H24N4O2. The van der Waals surface area contributed by atoms with E-state index in [4.69, 9.17) is 4.74 Å². The molecule has 2 N–H and O–H groups in total. The Hall–Kier alpha value is -2.34. The lowest BCUT2D eigenvalue weighted by Crippen LogP contribution is -2.52. The molecule has 0 aliphatic heterocycles. The lowest BCUT2D eigenvalue weighted by atomic mass is 9.87. The number of carbonyl (C=O) groups excluding carboxylic acids is 1. The number of benzene rings is 1. The van der Waals surface area contributed by atoms with Gasteiger partial charge in [0.1, 0.15) is 6.61 Å². The van der Waals surface area contributed by atoms with Gasteiger partial charge in [-0.15, -0.1) is 0 Å². The zero-order chi connectivity index (χ0) is 16.8. The second kappa shape index (κ2) is 7.97. The summed E-state index contributed by atoms with van der Waals surface area (Å²) in [6.07, 6.45) is 4.44. The predicted octanol–water partition coefficient (Wildman–Crippen LogP) is 2.01. The summed E-state index contributed by atoms with van der Waals surface area (Å²) in [7, 11) is 1.93. The molecule has 0 atom stereocenters. The van der Waals surface area contributed by atoms with Gasteiger partial charge in [-0.25, -0.2) is 4.79 Å². The van der Waals surface area contributed by atoms with Crippen LogP contribution in [0.25, 0.3) is 0 Å². The van der Waals surface area contributed by atoms with E-state index in [1.165, 1.54) is 0 Å². The van der Waals surface area contributed by atoms with Crippen molar-refractivity contribution in [2.24, 2.45) is 7.05 Å². The average molecular weight is 328 g/mol. The summed E-state index contributed by atoms with van der Waals surface area (Å²) in [5.41, 5.74) is 2.10. The molecule has 1 aromatic heterocycles. The Labute approximate surface area is 142 Å². The van der Waals surface area contributed by atoms with E-state index in [0.717, 1.165) is 37.1 Å². The molecule has 1 heterocycles. The smallest absolute Gasteiger partial charge is 0.407 e. The topological polar surface area (TPSA) is 68.2 Å². The van der Waals surface area contributed by atoms with Crippen molar-refractivity contribution < 1.29 is 9.53 Å². The van der Waals surface area contributed by atoms with Crippen LogP contribution in [0, 0.1) is 0 Å². The van der Waals surface area contributed by atoms with Crippen LogP contribution < -0.4 is 10.6 Å². The Kier molecular flexibility index (Phi) is 5.48. The van der Waals surface area contributed by atoms with E-state index < -0.39 is 0 Å². The maximum absolute atomic E-state index is 11.8. The van der Waals surface area contributed by atoms with Gasteiger partial charge in [0.25, 0.3) is 0 Å². The van der Waals surface area contributed by atoms with E-state index in [2.05, 4.69) is 15.7 Å². The number of carbonyl (C=O) groups is 1. The van der Waals surface area contributed by atoms with Gasteiger partial charge in [-0.2, -0.15) is 5.10 Å². The fourth-order valence-corrected chi connectivity index (χ4v) is 2.83. The molecule has 6 heteroatoms. The molecule has 1 amide bonds. The monoisotopic (exact) mass is 328 g/mol. The van der Waals surface area contributed by atoms with Crippen molar-refractivity contribution in [3.8, 4) is 0 Å². The largest absolute Gasteiger partial charge is 0.445 e. The third kappa shape index (κ3) is 4.83. The second-order valence-corrected chi connectivity index (χ2v) is 6.26. The first-order valence-corrected chi connectivity index (χ1v) is 8.38. The number of hydrogen-bond donors (Lipinski definition) is 2. The van der Waals surface area contributed by atoms with Crippen LogP contribution in [0.4, 0.5) is 4.79 Å². The lowest BCUT2D eigenvalue weighted by Gasteiger charge is -2.36. The molecular weight excluding hydrogens is 304 g/mol. The van der Waals surface area contributed by atoms with E-state index in [0.29, 0.717) is 12.6 Å². The van der Waals surface area contributed by atoms with Gasteiger partial charge in [-0.05, 0) is 24.5 Å². The molecule has 1 saturated carbocycles. The maximum atomic E-state index is 11.8. The number of nitrogens with zero attached hydrogens (tertiary/aromatic N) is 2. The summed E-state index contributed by atoms with van der Waals surface area (Å²) in [6, 6.07) is 12.4. The Balaban J connectivity index is 1.26. The van der Waals surface area contributed by atoms with Crippen molar-refractivity contribution in [3.05, 3.63) is 53.9 Å². The number of nitrogens with one attached hydrogen (secondary N) is 2. The highest BCUT2D eigenvalue weighted by molar-refractivity contribution is 5.67. The summed E-state index contributed by atoms with van der Waals surface area (Å²) in [5.74, 6) is 0. The summed E-state index contributed by atoms with van der Waals surface area (Å²) in [6.45, 7) is 1.22. The molecule has 1 aliphatic carbocycles. The van der Waals surface area contributed by atoms with Crippen molar-refractivity contribution in [1.29, 1.82) is 0 Å². The van der Waals surface area contributed by atoms with Crippen LogP contribution >= 0.6 is 0 Å². The fourth-order valence-electron chi connectivity index (χ4n) is 2.83. The van der Waals surface area contributed by atoms with E-state index in [-0.39, 0.29) is 12.1 Å². The molecule has 0 radical (unpaired) electrons. The quantitative estimate of drug-likeness (QED) is 0.816. The number of hydrogen-bond acceptors (Lipinski definition) is 4. The molecule has 24 heavy (non-hydrogen) atoms. The molecule has 0 saturated heterocycles. The van der Waals surface area contributed by atoms with Crippen molar-refractivity contribution in [2.45, 2.75) is 38.0 Å². The minimum atomic E-state index is -0.337. The number of ether oxygens (including phenoxy) is 1. The minimum absolute atomic E-state index is 0.209. The van der Waals surface area contributed by atoms with Crippen molar-refractivity contribution in [3.63, 3.8) is 0 Å². The summed E-state index contributed by atoms with van der Waals surface area (Å²) in [4.78, 5) is 11.8. The zero-order valence-corrected chi connectivity index (χ0v) is 13.9. The molecule has 2 aromatic rings. The zero-order valence-electron chi connectivity index (χ0n) is 13.9. The third-order valence-electron chi connectivity index (χ3n) is 4.26. The normalized spacial score (nSPS) is 19.5.